The van der Waals surface area contributed by atoms with Crippen LogP contribution in [0.3, 0.4) is 0 Å². The number of piperazine rings is 1. The molecule has 1 aliphatic rings. The third kappa shape index (κ3) is 7.21. The van der Waals surface area contributed by atoms with Crippen molar-refractivity contribution in [1.29, 1.82) is 0 Å². The molecule has 0 radical (unpaired) electrons. The zero-order valence-corrected chi connectivity index (χ0v) is 21.0. The summed E-state index contributed by atoms with van der Waals surface area (Å²) >= 11 is 6.12. The number of methoxy groups -OCH3 is 1. The monoisotopic (exact) mass is 493 g/mol. The van der Waals surface area contributed by atoms with Gasteiger partial charge in [-0.25, -0.2) is 4.79 Å². The van der Waals surface area contributed by atoms with Gasteiger partial charge >= 0.3 is 6.03 Å². The summed E-state index contributed by atoms with van der Waals surface area (Å²) in [5.74, 6) is 0.714. The molecular formula is C28H32ClN3O3. The van der Waals surface area contributed by atoms with Crippen molar-refractivity contribution in [2.45, 2.75) is 19.6 Å². The molecule has 1 heterocycles. The van der Waals surface area contributed by atoms with Gasteiger partial charge in [0.05, 0.1) is 19.8 Å². The molecule has 0 spiro atoms. The van der Waals surface area contributed by atoms with Gasteiger partial charge in [-0.2, -0.15) is 0 Å². The third-order valence-electron chi connectivity index (χ3n) is 6.18. The van der Waals surface area contributed by atoms with Crippen molar-refractivity contribution >= 4 is 23.3 Å². The first-order valence-electron chi connectivity index (χ1n) is 11.8. The molecular weight excluding hydrogens is 462 g/mol. The van der Waals surface area contributed by atoms with Gasteiger partial charge in [-0.05, 0) is 42.3 Å². The summed E-state index contributed by atoms with van der Waals surface area (Å²) in [7, 11) is 1.61. The van der Waals surface area contributed by atoms with Gasteiger partial charge in [0.1, 0.15) is 5.75 Å². The second kappa shape index (κ2) is 12.1. The Morgan fingerprint density at radius 3 is 2.46 bits per heavy atom. The van der Waals surface area contributed by atoms with E-state index in [1.54, 1.807) is 7.11 Å². The number of aryl methyl sites for hydroxylation is 1. The lowest BCUT2D eigenvalue weighted by Gasteiger charge is -2.36. The summed E-state index contributed by atoms with van der Waals surface area (Å²) in [6.07, 6.45) is -0.0926. The molecule has 3 aromatic rings. The van der Waals surface area contributed by atoms with Gasteiger partial charge in [0.2, 0.25) is 0 Å². The number of nitrogens with one attached hydrogen (secondary N) is 1. The number of anilines is 1. The summed E-state index contributed by atoms with van der Waals surface area (Å²) < 4.78 is 11.6. The lowest BCUT2D eigenvalue weighted by atomic mass is 10.1. The van der Waals surface area contributed by atoms with Crippen LogP contribution in [0.2, 0.25) is 5.02 Å². The molecule has 2 amide bonds. The molecule has 0 bridgehead atoms. The van der Waals surface area contributed by atoms with Crippen LogP contribution in [0.1, 0.15) is 22.8 Å². The molecule has 1 unspecified atom stereocenters. The number of carbonyl (C=O) groups excluding carboxylic acids is 1. The van der Waals surface area contributed by atoms with Crippen LogP contribution in [0, 0.1) is 6.92 Å². The second-order valence-electron chi connectivity index (χ2n) is 8.79. The maximum Gasteiger partial charge on any atom is 0.321 e. The van der Waals surface area contributed by atoms with E-state index >= 15 is 0 Å². The van der Waals surface area contributed by atoms with Crippen LogP contribution >= 0.6 is 11.6 Å². The van der Waals surface area contributed by atoms with Crippen LogP contribution in [-0.2, 0) is 11.3 Å². The fourth-order valence-electron chi connectivity index (χ4n) is 4.20. The Morgan fingerprint density at radius 2 is 1.74 bits per heavy atom. The molecule has 4 rings (SSSR count). The molecule has 7 heteroatoms. The van der Waals surface area contributed by atoms with Gasteiger partial charge in [-0.1, -0.05) is 59.6 Å². The minimum absolute atomic E-state index is 0.0926. The highest BCUT2D eigenvalue weighted by Gasteiger charge is 2.24. The maximum atomic E-state index is 12.8. The largest absolute Gasteiger partial charge is 0.497 e. The van der Waals surface area contributed by atoms with Crippen LogP contribution in [0.15, 0.2) is 72.8 Å². The number of benzene rings is 3. The Morgan fingerprint density at radius 1 is 1.00 bits per heavy atom. The molecule has 0 saturated carbocycles. The molecule has 1 saturated heterocycles. The van der Waals surface area contributed by atoms with Gasteiger partial charge in [0.15, 0.2) is 0 Å². The molecule has 6 nitrogen and oxygen atoms in total. The number of hydrogen-bond donors (Lipinski definition) is 1. The average Bonchev–Trinajstić information content (AvgIpc) is 2.87. The summed E-state index contributed by atoms with van der Waals surface area (Å²) in [4.78, 5) is 17.0. The first kappa shape index (κ1) is 25.0. The highest BCUT2D eigenvalue weighted by Crippen LogP contribution is 2.24. The second-order valence-corrected chi connectivity index (χ2v) is 9.23. The standard InChI is InChI=1S/C28H32ClN3O3/c1-21-5-3-6-22(17-21)20-35-27(23-9-11-24(29)12-10-23)19-31-13-15-32(16-14-31)28(33)30-25-7-4-8-26(18-25)34-2/h3-12,17-18,27H,13-16,19-20H2,1-2H3,(H,30,33). The van der Waals surface area contributed by atoms with E-state index in [2.05, 4.69) is 41.4 Å². The van der Waals surface area contributed by atoms with Crippen LogP contribution in [0.4, 0.5) is 10.5 Å². The van der Waals surface area contributed by atoms with Crippen molar-refractivity contribution in [3.63, 3.8) is 0 Å². The van der Waals surface area contributed by atoms with Crippen LogP contribution in [0.5, 0.6) is 5.75 Å². The van der Waals surface area contributed by atoms with E-state index in [-0.39, 0.29) is 12.1 Å². The number of urea groups is 1. The molecule has 0 aromatic heterocycles. The minimum Gasteiger partial charge on any atom is -0.497 e. The summed E-state index contributed by atoms with van der Waals surface area (Å²) in [5, 5.41) is 3.68. The fraction of sp³-hybridized carbons (Fsp3) is 0.321. The Balaban J connectivity index is 1.34. The number of halogens is 1. The van der Waals surface area contributed by atoms with E-state index < -0.39 is 0 Å². The van der Waals surface area contributed by atoms with Crippen LogP contribution in [-0.4, -0.2) is 55.7 Å². The van der Waals surface area contributed by atoms with Gasteiger partial charge in [-0.3, -0.25) is 4.90 Å². The predicted molar refractivity (Wildman–Crippen MR) is 140 cm³/mol. The Bertz CT molecular complexity index is 1110. The van der Waals surface area contributed by atoms with Crippen LogP contribution in [0.25, 0.3) is 0 Å². The van der Waals surface area contributed by atoms with Crippen molar-refractivity contribution in [1.82, 2.24) is 9.80 Å². The smallest absolute Gasteiger partial charge is 0.321 e. The van der Waals surface area contributed by atoms with Crippen molar-refractivity contribution in [3.05, 3.63) is 94.5 Å². The number of rotatable bonds is 8. The normalized spacial score (nSPS) is 15.0. The first-order chi connectivity index (χ1) is 17.0. The molecule has 3 aromatic carbocycles. The van der Waals surface area contributed by atoms with E-state index in [0.29, 0.717) is 30.5 Å². The number of amides is 2. The van der Waals surface area contributed by atoms with E-state index in [0.717, 1.165) is 36.4 Å². The summed E-state index contributed by atoms with van der Waals surface area (Å²) in [5.41, 5.74) is 4.20. The number of ether oxygens (including phenoxy) is 2. The fourth-order valence-corrected chi connectivity index (χ4v) is 4.33. The first-order valence-corrected chi connectivity index (χ1v) is 12.2. The maximum absolute atomic E-state index is 12.8. The number of nitrogens with zero attached hydrogens (tertiary/aromatic N) is 2. The van der Waals surface area contributed by atoms with Crippen molar-refractivity contribution in [2.75, 3.05) is 45.2 Å². The lowest BCUT2D eigenvalue weighted by Crippen LogP contribution is -2.50. The van der Waals surface area contributed by atoms with E-state index in [4.69, 9.17) is 21.1 Å². The molecule has 1 aliphatic heterocycles. The molecule has 1 N–H and O–H groups in total. The predicted octanol–water partition coefficient (Wildman–Crippen LogP) is 5.76. The molecule has 35 heavy (non-hydrogen) atoms. The topological polar surface area (TPSA) is 54.0 Å². The molecule has 1 fully saturated rings. The highest BCUT2D eigenvalue weighted by molar-refractivity contribution is 6.30. The average molecular weight is 494 g/mol. The van der Waals surface area contributed by atoms with E-state index in [9.17, 15) is 4.79 Å². The minimum atomic E-state index is -0.0946. The summed E-state index contributed by atoms with van der Waals surface area (Å²) in [6, 6.07) is 23.5. The van der Waals surface area contributed by atoms with E-state index in [1.807, 2.05) is 53.4 Å². The SMILES string of the molecule is COc1cccc(NC(=O)N2CCN(CC(OCc3cccc(C)c3)c3ccc(Cl)cc3)CC2)c1. The Labute approximate surface area is 212 Å². The van der Waals surface area contributed by atoms with Gasteiger partial charge in [-0.15, -0.1) is 0 Å². The zero-order valence-electron chi connectivity index (χ0n) is 20.2. The number of carbonyl (C=O) groups is 1. The van der Waals surface area contributed by atoms with Gasteiger partial charge in [0, 0.05) is 49.5 Å². The quantitative estimate of drug-likeness (QED) is 0.433. The molecule has 0 aliphatic carbocycles. The van der Waals surface area contributed by atoms with Crippen LogP contribution < -0.4 is 10.1 Å². The van der Waals surface area contributed by atoms with Crippen molar-refractivity contribution < 1.29 is 14.3 Å². The van der Waals surface area contributed by atoms with E-state index in [1.165, 1.54) is 5.56 Å². The van der Waals surface area contributed by atoms with Crippen molar-refractivity contribution in [2.24, 2.45) is 0 Å². The molecule has 184 valence electrons. The zero-order chi connectivity index (χ0) is 24.6. The Kier molecular flexibility index (Phi) is 8.64. The highest BCUT2D eigenvalue weighted by atomic mass is 35.5. The molecule has 1 atom stereocenters. The lowest BCUT2D eigenvalue weighted by molar-refractivity contribution is 0.00592. The number of hydrogen-bond acceptors (Lipinski definition) is 4. The summed E-state index contributed by atoms with van der Waals surface area (Å²) in [6.45, 7) is 6.25. The Hall–Kier alpha value is -3.06. The third-order valence-corrected chi connectivity index (χ3v) is 6.43. The van der Waals surface area contributed by atoms with Gasteiger partial charge in [0.25, 0.3) is 0 Å². The van der Waals surface area contributed by atoms with Crippen molar-refractivity contribution in [3.8, 4) is 5.75 Å². The van der Waals surface area contributed by atoms with Gasteiger partial charge < -0.3 is 19.7 Å².